The van der Waals surface area contributed by atoms with Crippen molar-refractivity contribution < 1.29 is 9.53 Å². The van der Waals surface area contributed by atoms with Crippen LogP contribution < -0.4 is 5.73 Å². The van der Waals surface area contributed by atoms with Gasteiger partial charge in [0.1, 0.15) is 6.04 Å². The van der Waals surface area contributed by atoms with Crippen molar-refractivity contribution in [1.29, 1.82) is 0 Å². The molecule has 0 aromatic carbocycles. The smallest absolute Gasteiger partial charge is 0.322 e. The van der Waals surface area contributed by atoms with Crippen molar-refractivity contribution in [3.63, 3.8) is 0 Å². The minimum Gasteiger partial charge on any atom is -0.468 e. The molecule has 1 atom stereocenters. The van der Waals surface area contributed by atoms with Gasteiger partial charge in [0.2, 0.25) is 0 Å². The maximum absolute atomic E-state index is 10.5. The molecule has 4 heteroatoms. The fourth-order valence-corrected chi connectivity index (χ4v) is 0.880. The van der Waals surface area contributed by atoms with Gasteiger partial charge in [0, 0.05) is 5.33 Å². The van der Waals surface area contributed by atoms with E-state index in [0.29, 0.717) is 6.42 Å². The van der Waals surface area contributed by atoms with Crippen LogP contribution in [0.15, 0.2) is 0 Å². The molecular formula is C5H10BrNO2. The van der Waals surface area contributed by atoms with E-state index in [2.05, 4.69) is 20.7 Å². The van der Waals surface area contributed by atoms with E-state index >= 15 is 0 Å². The lowest BCUT2D eigenvalue weighted by molar-refractivity contribution is -0.142. The van der Waals surface area contributed by atoms with Crippen LogP contribution in [0.25, 0.3) is 0 Å². The van der Waals surface area contributed by atoms with E-state index in [9.17, 15) is 4.79 Å². The van der Waals surface area contributed by atoms with Crippen molar-refractivity contribution in [1.82, 2.24) is 0 Å². The molecular weight excluding hydrogens is 186 g/mol. The summed E-state index contributed by atoms with van der Waals surface area (Å²) in [5, 5.41) is 0.725. The summed E-state index contributed by atoms with van der Waals surface area (Å²) in [5.41, 5.74) is 5.33. The summed E-state index contributed by atoms with van der Waals surface area (Å²) in [4.78, 5) is 10.5. The first-order valence-electron chi connectivity index (χ1n) is 2.61. The van der Waals surface area contributed by atoms with Gasteiger partial charge in [-0.05, 0) is 6.42 Å². The first-order chi connectivity index (χ1) is 4.22. The molecule has 0 radical (unpaired) electrons. The lowest BCUT2D eigenvalue weighted by atomic mass is 10.2. The predicted molar refractivity (Wildman–Crippen MR) is 38.4 cm³/mol. The maximum atomic E-state index is 10.5. The highest BCUT2D eigenvalue weighted by atomic mass is 79.9. The van der Waals surface area contributed by atoms with Crippen molar-refractivity contribution in [3.05, 3.63) is 0 Å². The van der Waals surface area contributed by atoms with E-state index in [1.807, 2.05) is 0 Å². The molecule has 0 fully saturated rings. The summed E-state index contributed by atoms with van der Waals surface area (Å²) in [5.74, 6) is -0.352. The molecule has 0 saturated heterocycles. The molecule has 9 heavy (non-hydrogen) atoms. The lowest BCUT2D eigenvalue weighted by Crippen LogP contribution is -2.31. The summed E-state index contributed by atoms with van der Waals surface area (Å²) < 4.78 is 4.38. The highest BCUT2D eigenvalue weighted by Gasteiger charge is 2.11. The quantitative estimate of drug-likeness (QED) is 0.520. The molecule has 0 spiro atoms. The Morgan fingerprint density at radius 1 is 1.89 bits per heavy atom. The number of nitrogens with two attached hydrogens (primary N) is 1. The molecule has 0 bridgehead atoms. The number of hydrogen-bond acceptors (Lipinski definition) is 3. The molecule has 0 heterocycles. The van der Waals surface area contributed by atoms with Gasteiger partial charge in [-0.25, -0.2) is 0 Å². The molecule has 3 nitrogen and oxygen atoms in total. The first kappa shape index (κ1) is 8.91. The SMILES string of the molecule is COC(=O)C(N)CCBr. The predicted octanol–water partition coefficient (Wildman–Crippen LogP) is 0.272. The topological polar surface area (TPSA) is 52.3 Å². The second-order valence-electron chi connectivity index (χ2n) is 1.61. The van der Waals surface area contributed by atoms with Crippen molar-refractivity contribution in [2.24, 2.45) is 5.73 Å². The summed E-state index contributed by atoms with van der Waals surface area (Å²) in [6.45, 7) is 0. The van der Waals surface area contributed by atoms with Gasteiger partial charge in [0.05, 0.1) is 7.11 Å². The van der Waals surface area contributed by atoms with Crippen LogP contribution in [-0.2, 0) is 9.53 Å². The van der Waals surface area contributed by atoms with Crippen LogP contribution in [0.5, 0.6) is 0 Å². The zero-order valence-corrected chi connectivity index (χ0v) is 6.85. The van der Waals surface area contributed by atoms with Crippen LogP contribution in [0, 0.1) is 0 Å². The zero-order valence-electron chi connectivity index (χ0n) is 5.26. The van der Waals surface area contributed by atoms with Gasteiger partial charge in [-0.1, -0.05) is 15.9 Å². The molecule has 0 aliphatic rings. The molecule has 0 aliphatic heterocycles. The van der Waals surface area contributed by atoms with E-state index in [1.54, 1.807) is 0 Å². The van der Waals surface area contributed by atoms with Gasteiger partial charge in [-0.2, -0.15) is 0 Å². The van der Waals surface area contributed by atoms with Crippen LogP contribution in [0.2, 0.25) is 0 Å². The fraction of sp³-hybridized carbons (Fsp3) is 0.800. The Labute approximate surface area is 62.7 Å². The molecule has 0 amide bonds. The maximum Gasteiger partial charge on any atom is 0.322 e. The molecule has 2 N–H and O–H groups in total. The third-order valence-corrected chi connectivity index (χ3v) is 1.38. The Hall–Kier alpha value is -0.0900. The van der Waals surface area contributed by atoms with E-state index in [-0.39, 0.29) is 5.97 Å². The molecule has 0 saturated carbocycles. The number of carbonyl (C=O) groups excluding carboxylic acids is 1. The van der Waals surface area contributed by atoms with Crippen molar-refractivity contribution >= 4 is 21.9 Å². The van der Waals surface area contributed by atoms with Gasteiger partial charge in [0.15, 0.2) is 0 Å². The monoisotopic (exact) mass is 195 g/mol. The Morgan fingerprint density at radius 3 is 2.78 bits per heavy atom. The van der Waals surface area contributed by atoms with Crippen LogP contribution in [-0.4, -0.2) is 24.5 Å². The molecule has 0 aromatic rings. The highest BCUT2D eigenvalue weighted by Crippen LogP contribution is 1.94. The fourth-order valence-electron chi connectivity index (χ4n) is 0.387. The highest BCUT2D eigenvalue weighted by molar-refractivity contribution is 9.09. The number of carbonyl (C=O) groups is 1. The Bertz CT molecular complexity index is 97.0. The van der Waals surface area contributed by atoms with Gasteiger partial charge in [0.25, 0.3) is 0 Å². The molecule has 1 unspecified atom stereocenters. The first-order valence-corrected chi connectivity index (χ1v) is 3.74. The summed E-state index contributed by atoms with van der Waals surface area (Å²) in [6, 6.07) is -0.477. The van der Waals surface area contributed by atoms with E-state index in [1.165, 1.54) is 7.11 Å². The second kappa shape index (κ2) is 4.76. The van der Waals surface area contributed by atoms with Crippen LogP contribution in [0.1, 0.15) is 6.42 Å². The van der Waals surface area contributed by atoms with Gasteiger partial charge >= 0.3 is 5.97 Å². The van der Waals surface area contributed by atoms with Gasteiger partial charge < -0.3 is 10.5 Å². The Kier molecular flexibility index (Phi) is 4.71. The third kappa shape index (κ3) is 3.48. The van der Waals surface area contributed by atoms with Crippen LogP contribution >= 0.6 is 15.9 Å². The lowest BCUT2D eigenvalue weighted by Gasteiger charge is -2.04. The number of halogens is 1. The van der Waals surface area contributed by atoms with Crippen LogP contribution in [0.4, 0.5) is 0 Å². The van der Waals surface area contributed by atoms with E-state index in [4.69, 9.17) is 5.73 Å². The van der Waals surface area contributed by atoms with Gasteiger partial charge in [-0.3, -0.25) is 4.79 Å². The number of methoxy groups -OCH3 is 1. The minimum atomic E-state index is -0.477. The molecule has 0 aliphatic carbocycles. The number of alkyl halides is 1. The van der Waals surface area contributed by atoms with Gasteiger partial charge in [-0.15, -0.1) is 0 Å². The van der Waals surface area contributed by atoms with Crippen molar-refractivity contribution in [2.45, 2.75) is 12.5 Å². The average Bonchev–Trinajstić information content (AvgIpc) is 1.87. The van der Waals surface area contributed by atoms with E-state index < -0.39 is 6.04 Å². The zero-order chi connectivity index (χ0) is 7.28. The molecule has 0 aromatic heterocycles. The Morgan fingerprint density at radius 2 is 2.44 bits per heavy atom. The minimum absolute atomic E-state index is 0.352. The van der Waals surface area contributed by atoms with Crippen molar-refractivity contribution in [3.8, 4) is 0 Å². The van der Waals surface area contributed by atoms with E-state index in [0.717, 1.165) is 5.33 Å². The summed E-state index contributed by atoms with van der Waals surface area (Å²) in [6.07, 6.45) is 0.618. The largest absolute Gasteiger partial charge is 0.468 e. The number of rotatable bonds is 3. The van der Waals surface area contributed by atoms with Crippen molar-refractivity contribution in [2.75, 3.05) is 12.4 Å². The number of ether oxygens (including phenoxy) is 1. The standard InChI is InChI=1S/C5H10BrNO2/c1-9-5(8)4(7)2-3-6/h4H,2-3,7H2,1H3. The van der Waals surface area contributed by atoms with Crippen LogP contribution in [0.3, 0.4) is 0 Å². The second-order valence-corrected chi connectivity index (χ2v) is 2.40. The number of hydrogen-bond donors (Lipinski definition) is 1. The molecule has 0 rings (SSSR count). The normalized spacial score (nSPS) is 12.8. The number of esters is 1. The third-order valence-electron chi connectivity index (χ3n) is 0.924. The Balaban J connectivity index is 3.45. The summed E-state index contributed by atoms with van der Waals surface area (Å²) >= 11 is 3.16. The molecule has 54 valence electrons. The summed E-state index contributed by atoms with van der Waals surface area (Å²) in [7, 11) is 1.33. The average molecular weight is 196 g/mol.